The highest BCUT2D eigenvalue weighted by Crippen LogP contribution is 2.28. The van der Waals surface area contributed by atoms with Crippen LogP contribution in [0.3, 0.4) is 0 Å². The fourth-order valence-corrected chi connectivity index (χ4v) is 1.67. The molecule has 0 aliphatic rings. The van der Waals surface area contributed by atoms with E-state index in [9.17, 15) is 4.79 Å². The molecule has 0 spiro atoms. The van der Waals surface area contributed by atoms with Gasteiger partial charge in [0.05, 0.1) is 5.41 Å². The van der Waals surface area contributed by atoms with Crippen LogP contribution in [0.1, 0.15) is 25.0 Å². The normalized spacial score (nSPS) is 11.4. The first-order valence-electron chi connectivity index (χ1n) is 4.35. The molecule has 0 heterocycles. The molecule has 0 saturated carbocycles. The van der Waals surface area contributed by atoms with Gasteiger partial charge in [0, 0.05) is 5.02 Å². The SMILES string of the molecule is Cc1cc(Cl)ccc1C(C)(C)C(=O)O. The molecule has 0 aliphatic heterocycles. The van der Waals surface area contributed by atoms with Crippen LogP contribution in [-0.4, -0.2) is 11.1 Å². The van der Waals surface area contributed by atoms with E-state index in [1.807, 2.05) is 6.92 Å². The maximum atomic E-state index is 11.0. The third kappa shape index (κ3) is 1.90. The van der Waals surface area contributed by atoms with E-state index in [2.05, 4.69) is 0 Å². The summed E-state index contributed by atoms with van der Waals surface area (Å²) in [6, 6.07) is 5.27. The zero-order valence-corrected chi connectivity index (χ0v) is 9.22. The lowest BCUT2D eigenvalue weighted by Crippen LogP contribution is -2.29. The van der Waals surface area contributed by atoms with Gasteiger partial charge in [0.1, 0.15) is 0 Å². The van der Waals surface area contributed by atoms with Gasteiger partial charge in [0.25, 0.3) is 0 Å². The summed E-state index contributed by atoms with van der Waals surface area (Å²) < 4.78 is 0. The van der Waals surface area contributed by atoms with Crippen molar-refractivity contribution in [3.8, 4) is 0 Å². The molecule has 1 aromatic carbocycles. The van der Waals surface area contributed by atoms with Gasteiger partial charge in [-0.3, -0.25) is 4.79 Å². The van der Waals surface area contributed by atoms with E-state index in [0.29, 0.717) is 5.02 Å². The summed E-state index contributed by atoms with van der Waals surface area (Å²) in [5.74, 6) is -0.831. The highest BCUT2D eigenvalue weighted by Gasteiger charge is 2.30. The Morgan fingerprint density at radius 1 is 1.43 bits per heavy atom. The molecule has 0 radical (unpaired) electrons. The second-order valence-electron chi connectivity index (χ2n) is 3.89. The molecule has 1 rings (SSSR count). The Bertz CT molecular complexity index is 370. The van der Waals surface area contributed by atoms with Crippen molar-refractivity contribution in [2.45, 2.75) is 26.2 Å². The topological polar surface area (TPSA) is 37.3 Å². The number of rotatable bonds is 2. The van der Waals surface area contributed by atoms with Crippen molar-refractivity contribution < 1.29 is 9.90 Å². The van der Waals surface area contributed by atoms with Crippen LogP contribution in [0.2, 0.25) is 5.02 Å². The van der Waals surface area contributed by atoms with Crippen LogP contribution in [0.15, 0.2) is 18.2 Å². The van der Waals surface area contributed by atoms with Gasteiger partial charge in [-0.1, -0.05) is 17.7 Å². The van der Waals surface area contributed by atoms with Crippen LogP contribution in [0.4, 0.5) is 0 Å². The lowest BCUT2D eigenvalue weighted by Gasteiger charge is -2.21. The quantitative estimate of drug-likeness (QED) is 0.818. The predicted octanol–water partition coefficient (Wildman–Crippen LogP) is 3.01. The Labute approximate surface area is 88.5 Å². The number of hydrogen-bond acceptors (Lipinski definition) is 1. The Balaban J connectivity index is 3.26. The van der Waals surface area contributed by atoms with Gasteiger partial charge in [-0.25, -0.2) is 0 Å². The third-order valence-electron chi connectivity index (χ3n) is 2.40. The van der Waals surface area contributed by atoms with E-state index in [0.717, 1.165) is 11.1 Å². The lowest BCUT2D eigenvalue weighted by molar-refractivity contribution is -0.142. The molecule has 76 valence electrons. The Morgan fingerprint density at radius 2 is 2.00 bits per heavy atom. The standard InChI is InChI=1S/C11H13ClO2/c1-7-6-8(12)4-5-9(7)11(2,3)10(13)14/h4-6H,1-3H3,(H,13,14). The molecule has 0 bridgehead atoms. The molecule has 1 aromatic rings. The summed E-state index contributed by atoms with van der Waals surface area (Å²) in [4.78, 5) is 11.0. The molecule has 0 aliphatic carbocycles. The van der Waals surface area contributed by atoms with Crippen molar-refractivity contribution in [2.24, 2.45) is 0 Å². The van der Waals surface area contributed by atoms with Crippen molar-refractivity contribution in [2.75, 3.05) is 0 Å². The minimum absolute atomic E-state index is 0.632. The Morgan fingerprint density at radius 3 is 2.43 bits per heavy atom. The average Bonchev–Trinajstić information content (AvgIpc) is 2.02. The van der Waals surface area contributed by atoms with E-state index in [4.69, 9.17) is 16.7 Å². The van der Waals surface area contributed by atoms with Crippen molar-refractivity contribution >= 4 is 17.6 Å². The highest BCUT2D eigenvalue weighted by atomic mass is 35.5. The zero-order valence-electron chi connectivity index (χ0n) is 8.47. The minimum atomic E-state index is -0.866. The van der Waals surface area contributed by atoms with Gasteiger partial charge in [-0.2, -0.15) is 0 Å². The van der Waals surface area contributed by atoms with Crippen molar-refractivity contribution in [1.29, 1.82) is 0 Å². The fraction of sp³-hybridized carbons (Fsp3) is 0.364. The van der Waals surface area contributed by atoms with Crippen molar-refractivity contribution in [3.63, 3.8) is 0 Å². The molecule has 1 N–H and O–H groups in total. The van der Waals surface area contributed by atoms with Crippen LogP contribution in [0.5, 0.6) is 0 Å². The smallest absolute Gasteiger partial charge is 0.313 e. The van der Waals surface area contributed by atoms with E-state index in [1.54, 1.807) is 32.0 Å². The summed E-state index contributed by atoms with van der Waals surface area (Å²) in [5.41, 5.74) is 0.841. The number of carbonyl (C=O) groups is 1. The highest BCUT2D eigenvalue weighted by molar-refractivity contribution is 6.30. The molecule has 0 amide bonds. The van der Waals surface area contributed by atoms with E-state index >= 15 is 0 Å². The molecule has 14 heavy (non-hydrogen) atoms. The number of benzene rings is 1. The van der Waals surface area contributed by atoms with E-state index < -0.39 is 11.4 Å². The second-order valence-corrected chi connectivity index (χ2v) is 4.33. The first-order chi connectivity index (χ1) is 6.35. The molecule has 3 heteroatoms. The zero-order chi connectivity index (χ0) is 10.9. The molecular formula is C11H13ClO2. The van der Waals surface area contributed by atoms with Crippen molar-refractivity contribution in [3.05, 3.63) is 34.3 Å². The van der Waals surface area contributed by atoms with Gasteiger partial charge in [0.2, 0.25) is 0 Å². The summed E-state index contributed by atoms with van der Waals surface area (Å²) in [6.45, 7) is 5.24. The number of carboxylic acids is 1. The molecule has 0 aromatic heterocycles. The number of aliphatic carboxylic acids is 1. The Hall–Kier alpha value is -1.02. The first kappa shape index (κ1) is 11.1. The largest absolute Gasteiger partial charge is 0.481 e. The number of halogens is 1. The molecule has 0 fully saturated rings. The minimum Gasteiger partial charge on any atom is -0.481 e. The van der Waals surface area contributed by atoms with Crippen LogP contribution in [-0.2, 0) is 10.2 Å². The van der Waals surface area contributed by atoms with Gasteiger partial charge in [-0.05, 0) is 44.0 Å². The summed E-state index contributed by atoms with van der Waals surface area (Å²) in [5, 5.41) is 9.69. The van der Waals surface area contributed by atoms with Crippen LogP contribution in [0, 0.1) is 6.92 Å². The molecule has 0 saturated heterocycles. The molecule has 0 atom stereocenters. The molecular weight excluding hydrogens is 200 g/mol. The maximum Gasteiger partial charge on any atom is 0.313 e. The lowest BCUT2D eigenvalue weighted by atomic mass is 9.82. The summed E-state index contributed by atoms with van der Waals surface area (Å²) >= 11 is 5.80. The Kier molecular flexibility index (Phi) is 2.86. The van der Waals surface area contributed by atoms with E-state index in [1.165, 1.54) is 0 Å². The maximum absolute atomic E-state index is 11.0. The predicted molar refractivity (Wildman–Crippen MR) is 56.9 cm³/mol. The van der Waals surface area contributed by atoms with Gasteiger partial charge in [-0.15, -0.1) is 0 Å². The third-order valence-corrected chi connectivity index (χ3v) is 2.63. The first-order valence-corrected chi connectivity index (χ1v) is 4.73. The summed E-state index contributed by atoms with van der Waals surface area (Å²) in [7, 11) is 0. The monoisotopic (exact) mass is 212 g/mol. The van der Waals surface area contributed by atoms with Crippen LogP contribution < -0.4 is 0 Å². The summed E-state index contributed by atoms with van der Waals surface area (Å²) in [6.07, 6.45) is 0. The van der Waals surface area contributed by atoms with Crippen LogP contribution in [0.25, 0.3) is 0 Å². The number of hydrogen-bond donors (Lipinski definition) is 1. The molecule has 2 nitrogen and oxygen atoms in total. The van der Waals surface area contributed by atoms with Gasteiger partial charge >= 0.3 is 5.97 Å². The van der Waals surface area contributed by atoms with E-state index in [-0.39, 0.29) is 0 Å². The van der Waals surface area contributed by atoms with Crippen molar-refractivity contribution in [1.82, 2.24) is 0 Å². The average molecular weight is 213 g/mol. The number of aryl methyl sites for hydroxylation is 1. The second kappa shape index (κ2) is 3.62. The number of carboxylic acid groups (broad SMARTS) is 1. The van der Waals surface area contributed by atoms with Gasteiger partial charge < -0.3 is 5.11 Å². The van der Waals surface area contributed by atoms with Gasteiger partial charge in [0.15, 0.2) is 0 Å². The van der Waals surface area contributed by atoms with Crippen LogP contribution >= 0.6 is 11.6 Å². The molecule has 0 unspecified atom stereocenters. The fourth-order valence-electron chi connectivity index (χ4n) is 1.44.